The van der Waals surface area contributed by atoms with E-state index in [4.69, 9.17) is 5.11 Å². The number of anilines is 1. The number of aromatic carboxylic acids is 1. The number of amides is 1. The number of aromatic nitrogens is 2. The summed E-state index contributed by atoms with van der Waals surface area (Å²) in [4.78, 5) is 21.7. The number of aromatic amines is 1. The monoisotopic (exact) mass is 195 g/mol. The topological polar surface area (TPSA) is 95.1 Å². The van der Waals surface area contributed by atoms with Crippen LogP contribution in [0, 0.1) is 5.92 Å². The standard InChI is InChI=1S/C8H9N3O3/c12-7(4-1-2-4)9-6-3-5(8(13)14)10-11-6/h3-4H,1-2H2,(H,13,14)(H2,9,10,11,12). The van der Waals surface area contributed by atoms with Gasteiger partial charge < -0.3 is 10.4 Å². The van der Waals surface area contributed by atoms with Gasteiger partial charge in [0.15, 0.2) is 5.82 Å². The first kappa shape index (κ1) is 8.74. The average molecular weight is 195 g/mol. The van der Waals surface area contributed by atoms with Crippen molar-refractivity contribution in [2.45, 2.75) is 12.8 Å². The lowest BCUT2D eigenvalue weighted by atomic mass is 10.4. The number of carboxylic acids is 1. The molecule has 3 N–H and O–H groups in total. The van der Waals surface area contributed by atoms with E-state index in [1.54, 1.807) is 0 Å². The van der Waals surface area contributed by atoms with E-state index in [2.05, 4.69) is 15.5 Å². The van der Waals surface area contributed by atoms with Gasteiger partial charge in [0.25, 0.3) is 0 Å². The molecular formula is C8H9N3O3. The van der Waals surface area contributed by atoms with Crippen LogP contribution in [-0.4, -0.2) is 27.2 Å². The van der Waals surface area contributed by atoms with Crippen molar-refractivity contribution >= 4 is 17.7 Å². The molecular weight excluding hydrogens is 186 g/mol. The summed E-state index contributed by atoms with van der Waals surface area (Å²) in [6, 6.07) is 1.29. The molecule has 6 heteroatoms. The molecule has 0 saturated heterocycles. The number of carboxylic acid groups (broad SMARTS) is 1. The molecule has 1 aliphatic carbocycles. The van der Waals surface area contributed by atoms with E-state index in [9.17, 15) is 9.59 Å². The number of nitrogens with zero attached hydrogens (tertiary/aromatic N) is 1. The lowest BCUT2D eigenvalue weighted by Crippen LogP contribution is -2.13. The minimum absolute atomic E-state index is 0.0314. The molecule has 1 aliphatic rings. The van der Waals surface area contributed by atoms with Crippen LogP contribution in [0.25, 0.3) is 0 Å². The fraction of sp³-hybridized carbons (Fsp3) is 0.375. The predicted molar refractivity (Wildman–Crippen MR) is 46.9 cm³/mol. The fourth-order valence-electron chi connectivity index (χ4n) is 1.07. The van der Waals surface area contributed by atoms with Crippen LogP contribution in [0.1, 0.15) is 23.3 Å². The highest BCUT2D eigenvalue weighted by Gasteiger charge is 2.30. The highest BCUT2D eigenvalue weighted by molar-refractivity contribution is 5.94. The van der Waals surface area contributed by atoms with Crippen molar-refractivity contribution in [2.24, 2.45) is 5.92 Å². The van der Waals surface area contributed by atoms with Crippen molar-refractivity contribution < 1.29 is 14.7 Å². The van der Waals surface area contributed by atoms with E-state index >= 15 is 0 Å². The van der Waals surface area contributed by atoms with Crippen molar-refractivity contribution in [1.82, 2.24) is 10.2 Å². The van der Waals surface area contributed by atoms with Gasteiger partial charge in [0.2, 0.25) is 5.91 Å². The Balaban J connectivity index is 2.02. The Labute approximate surface area is 79.3 Å². The van der Waals surface area contributed by atoms with Crippen LogP contribution in [0.2, 0.25) is 0 Å². The second-order valence-corrected chi connectivity index (χ2v) is 3.24. The molecule has 1 aromatic heterocycles. The molecule has 6 nitrogen and oxygen atoms in total. The third-order valence-corrected chi connectivity index (χ3v) is 2.01. The van der Waals surface area contributed by atoms with Crippen molar-refractivity contribution in [1.29, 1.82) is 0 Å². The molecule has 2 rings (SSSR count). The molecule has 1 fully saturated rings. The quantitative estimate of drug-likeness (QED) is 0.652. The molecule has 1 heterocycles. The van der Waals surface area contributed by atoms with Crippen LogP contribution in [0.3, 0.4) is 0 Å². The Bertz CT molecular complexity index is 381. The summed E-state index contributed by atoms with van der Waals surface area (Å²) >= 11 is 0. The maximum absolute atomic E-state index is 11.2. The lowest BCUT2D eigenvalue weighted by Gasteiger charge is -1.96. The number of nitrogens with one attached hydrogen (secondary N) is 2. The summed E-state index contributed by atoms with van der Waals surface area (Å²) in [7, 11) is 0. The van der Waals surface area contributed by atoms with E-state index in [1.807, 2.05) is 0 Å². The smallest absolute Gasteiger partial charge is 0.353 e. The van der Waals surface area contributed by atoms with Crippen LogP contribution in [0.15, 0.2) is 6.07 Å². The predicted octanol–water partition coefficient (Wildman–Crippen LogP) is 0.456. The largest absolute Gasteiger partial charge is 0.477 e. The van der Waals surface area contributed by atoms with Gasteiger partial charge in [-0.25, -0.2) is 4.79 Å². The normalized spacial score (nSPS) is 15.1. The molecule has 1 saturated carbocycles. The Morgan fingerprint density at radius 3 is 2.79 bits per heavy atom. The number of carbonyl (C=O) groups excluding carboxylic acids is 1. The number of carbonyl (C=O) groups is 2. The molecule has 0 unspecified atom stereocenters. The van der Waals surface area contributed by atoms with Gasteiger partial charge in [-0.2, -0.15) is 5.10 Å². The molecule has 0 radical (unpaired) electrons. The zero-order chi connectivity index (χ0) is 10.1. The van der Waals surface area contributed by atoms with Gasteiger partial charge in [-0.15, -0.1) is 0 Å². The van der Waals surface area contributed by atoms with Crippen LogP contribution in [-0.2, 0) is 4.79 Å². The molecule has 0 atom stereocenters. The van der Waals surface area contributed by atoms with Gasteiger partial charge >= 0.3 is 5.97 Å². The molecule has 14 heavy (non-hydrogen) atoms. The summed E-state index contributed by atoms with van der Waals surface area (Å²) in [5.74, 6) is -0.836. The molecule has 1 aromatic rings. The highest BCUT2D eigenvalue weighted by atomic mass is 16.4. The van der Waals surface area contributed by atoms with Crippen LogP contribution >= 0.6 is 0 Å². The van der Waals surface area contributed by atoms with E-state index in [0.717, 1.165) is 12.8 Å². The van der Waals surface area contributed by atoms with E-state index in [-0.39, 0.29) is 23.3 Å². The van der Waals surface area contributed by atoms with E-state index in [1.165, 1.54) is 6.07 Å². The van der Waals surface area contributed by atoms with Gasteiger partial charge in [-0.05, 0) is 12.8 Å². The molecule has 1 amide bonds. The van der Waals surface area contributed by atoms with Gasteiger partial charge in [-0.3, -0.25) is 9.89 Å². The van der Waals surface area contributed by atoms with Crippen molar-refractivity contribution in [3.63, 3.8) is 0 Å². The van der Waals surface area contributed by atoms with Crippen LogP contribution < -0.4 is 5.32 Å². The fourth-order valence-corrected chi connectivity index (χ4v) is 1.07. The third-order valence-electron chi connectivity index (χ3n) is 2.01. The van der Waals surface area contributed by atoms with E-state index < -0.39 is 5.97 Å². The van der Waals surface area contributed by atoms with Crippen molar-refractivity contribution in [3.8, 4) is 0 Å². The second kappa shape index (κ2) is 3.13. The summed E-state index contributed by atoms with van der Waals surface area (Å²) in [5, 5.41) is 17.1. The molecule has 0 aromatic carbocycles. The minimum Gasteiger partial charge on any atom is -0.477 e. The number of rotatable bonds is 3. The first-order valence-electron chi connectivity index (χ1n) is 4.26. The van der Waals surface area contributed by atoms with Gasteiger partial charge in [0, 0.05) is 12.0 Å². The molecule has 74 valence electrons. The SMILES string of the molecule is O=C(O)c1cc(NC(=O)C2CC2)n[nH]1. The first-order valence-corrected chi connectivity index (χ1v) is 4.26. The minimum atomic E-state index is -1.09. The average Bonchev–Trinajstić information content (AvgIpc) is 2.87. The molecule has 0 bridgehead atoms. The summed E-state index contributed by atoms with van der Waals surface area (Å²) in [6.45, 7) is 0. The second-order valence-electron chi connectivity index (χ2n) is 3.24. The van der Waals surface area contributed by atoms with Crippen LogP contribution in [0.4, 0.5) is 5.82 Å². The zero-order valence-electron chi connectivity index (χ0n) is 7.28. The number of hydrogen-bond acceptors (Lipinski definition) is 3. The maximum atomic E-state index is 11.2. The zero-order valence-corrected chi connectivity index (χ0v) is 7.28. The Morgan fingerprint density at radius 1 is 1.57 bits per heavy atom. The lowest BCUT2D eigenvalue weighted by molar-refractivity contribution is -0.117. The maximum Gasteiger partial charge on any atom is 0.353 e. The highest BCUT2D eigenvalue weighted by Crippen LogP contribution is 2.29. The summed E-state index contributed by atoms with van der Waals surface area (Å²) in [5.41, 5.74) is -0.0314. The van der Waals surface area contributed by atoms with Crippen molar-refractivity contribution in [2.75, 3.05) is 5.32 Å². The Kier molecular flexibility index (Phi) is 1.95. The first-order chi connectivity index (χ1) is 6.66. The van der Waals surface area contributed by atoms with E-state index in [0.29, 0.717) is 0 Å². The van der Waals surface area contributed by atoms with Gasteiger partial charge in [0.1, 0.15) is 5.69 Å². The van der Waals surface area contributed by atoms with Crippen molar-refractivity contribution in [3.05, 3.63) is 11.8 Å². The van der Waals surface area contributed by atoms with Gasteiger partial charge in [-0.1, -0.05) is 0 Å². The Hall–Kier alpha value is -1.85. The van der Waals surface area contributed by atoms with Crippen LogP contribution in [0.5, 0.6) is 0 Å². The molecule has 0 spiro atoms. The summed E-state index contributed by atoms with van der Waals surface area (Å²) < 4.78 is 0. The number of H-pyrrole nitrogens is 1. The number of hydrogen-bond donors (Lipinski definition) is 3. The molecule has 0 aliphatic heterocycles. The Morgan fingerprint density at radius 2 is 2.29 bits per heavy atom. The van der Waals surface area contributed by atoms with Gasteiger partial charge in [0.05, 0.1) is 0 Å². The summed E-state index contributed by atoms with van der Waals surface area (Å²) in [6.07, 6.45) is 1.81. The third kappa shape index (κ3) is 1.73.